The van der Waals surface area contributed by atoms with Crippen LogP contribution < -0.4 is 20.3 Å². The molecular formula is C23H25N5O4. The molecule has 0 atom stereocenters. The van der Waals surface area contributed by atoms with Crippen molar-refractivity contribution >= 4 is 33.5 Å². The van der Waals surface area contributed by atoms with E-state index in [0.717, 1.165) is 23.3 Å². The molecule has 4 aromatic rings. The molecule has 0 bridgehead atoms. The summed E-state index contributed by atoms with van der Waals surface area (Å²) in [5.41, 5.74) is 2.44. The second-order valence-corrected chi connectivity index (χ2v) is 7.96. The number of nitrogens with one attached hydrogen (secondary N) is 2. The highest BCUT2D eigenvalue weighted by Crippen LogP contribution is 2.29. The molecule has 2 heterocycles. The number of hydrogen-bond acceptors (Lipinski definition) is 6. The van der Waals surface area contributed by atoms with Crippen molar-refractivity contribution in [3.63, 3.8) is 0 Å². The van der Waals surface area contributed by atoms with Crippen LogP contribution >= 0.6 is 0 Å². The minimum absolute atomic E-state index is 0.171. The molecule has 0 saturated heterocycles. The molecule has 9 heteroatoms. The Balaban J connectivity index is 1.54. The predicted molar refractivity (Wildman–Crippen MR) is 122 cm³/mol. The van der Waals surface area contributed by atoms with Gasteiger partial charge in [-0.15, -0.1) is 0 Å². The number of carbonyl (C=O) groups excluding carboxylic acids is 1. The van der Waals surface area contributed by atoms with Gasteiger partial charge in [-0.05, 0) is 30.2 Å². The van der Waals surface area contributed by atoms with E-state index in [0.29, 0.717) is 34.0 Å². The number of amides is 1. The Bertz CT molecular complexity index is 1360. The molecule has 32 heavy (non-hydrogen) atoms. The first-order valence-corrected chi connectivity index (χ1v) is 10.3. The lowest BCUT2D eigenvalue weighted by Gasteiger charge is -2.11. The maximum atomic E-state index is 12.9. The minimum atomic E-state index is -0.339. The number of H-pyrrole nitrogens is 1. The molecule has 0 fully saturated rings. The lowest BCUT2D eigenvalue weighted by molar-refractivity contribution is -0.116. The number of ether oxygens (including phenoxy) is 2. The predicted octanol–water partition coefficient (Wildman–Crippen LogP) is 3.13. The first-order chi connectivity index (χ1) is 15.4. The smallest absolute Gasteiger partial charge is 0.261 e. The Morgan fingerprint density at radius 1 is 1.12 bits per heavy atom. The number of nitrogens with zero attached hydrogens (tertiary/aromatic N) is 3. The van der Waals surface area contributed by atoms with Gasteiger partial charge in [0.15, 0.2) is 11.5 Å². The van der Waals surface area contributed by atoms with Gasteiger partial charge in [0.1, 0.15) is 12.4 Å². The average Bonchev–Trinajstić information content (AvgIpc) is 3.15. The fourth-order valence-electron chi connectivity index (χ4n) is 3.58. The molecular weight excluding hydrogens is 410 g/mol. The van der Waals surface area contributed by atoms with Crippen molar-refractivity contribution in [1.82, 2.24) is 19.5 Å². The zero-order valence-corrected chi connectivity index (χ0v) is 18.4. The van der Waals surface area contributed by atoms with Gasteiger partial charge in [0, 0.05) is 18.2 Å². The fraction of sp³-hybridized carbons (Fsp3) is 0.304. The molecule has 1 amide bonds. The second kappa shape index (κ2) is 8.70. The van der Waals surface area contributed by atoms with E-state index in [-0.39, 0.29) is 18.0 Å². The number of benzene rings is 2. The normalized spacial score (nSPS) is 11.3. The Morgan fingerprint density at radius 3 is 2.59 bits per heavy atom. The summed E-state index contributed by atoms with van der Waals surface area (Å²) in [7, 11) is 3.01. The van der Waals surface area contributed by atoms with Gasteiger partial charge in [0.05, 0.1) is 42.5 Å². The maximum absolute atomic E-state index is 12.9. The summed E-state index contributed by atoms with van der Waals surface area (Å²) >= 11 is 0. The lowest BCUT2D eigenvalue weighted by atomic mass is 10.1. The van der Waals surface area contributed by atoms with Crippen molar-refractivity contribution in [2.45, 2.75) is 26.8 Å². The number of hydrogen-bond donors (Lipinski definition) is 2. The molecule has 166 valence electrons. The molecule has 2 aromatic carbocycles. The summed E-state index contributed by atoms with van der Waals surface area (Å²) < 4.78 is 11.8. The van der Waals surface area contributed by atoms with Crippen LogP contribution in [0, 0.1) is 5.92 Å². The first kappa shape index (κ1) is 21.4. The molecule has 2 N–H and O–H groups in total. The van der Waals surface area contributed by atoms with Crippen LogP contribution in [0.3, 0.4) is 0 Å². The second-order valence-electron chi connectivity index (χ2n) is 7.96. The third-order valence-corrected chi connectivity index (χ3v) is 5.06. The third kappa shape index (κ3) is 4.27. The van der Waals surface area contributed by atoms with Crippen molar-refractivity contribution in [2.75, 3.05) is 19.5 Å². The number of imidazole rings is 1. The van der Waals surface area contributed by atoms with Crippen LogP contribution in [0.5, 0.6) is 11.5 Å². The summed E-state index contributed by atoms with van der Waals surface area (Å²) in [4.78, 5) is 37.6. The van der Waals surface area contributed by atoms with E-state index in [2.05, 4.69) is 34.1 Å². The molecule has 2 aromatic heterocycles. The lowest BCUT2D eigenvalue weighted by Crippen LogP contribution is -2.28. The number of anilines is 1. The molecule has 0 radical (unpaired) electrons. The van der Waals surface area contributed by atoms with Crippen molar-refractivity contribution in [2.24, 2.45) is 5.92 Å². The molecule has 0 unspecified atom stereocenters. The molecule has 0 aliphatic rings. The SMILES string of the molecule is COc1cc2ncn(CC(=O)Nc3ccc4nc(CC(C)C)[nH]c4c3)c(=O)c2cc1OC. The van der Waals surface area contributed by atoms with Gasteiger partial charge in [-0.3, -0.25) is 14.2 Å². The first-order valence-electron chi connectivity index (χ1n) is 10.3. The summed E-state index contributed by atoms with van der Waals surface area (Å²) in [5.74, 6) is 1.97. The van der Waals surface area contributed by atoms with Crippen molar-refractivity contribution in [3.05, 3.63) is 52.8 Å². The number of methoxy groups -OCH3 is 2. The quantitative estimate of drug-likeness (QED) is 0.461. The molecule has 9 nitrogen and oxygen atoms in total. The number of rotatable bonds is 7. The highest BCUT2D eigenvalue weighted by atomic mass is 16.5. The van der Waals surface area contributed by atoms with Crippen LogP contribution in [-0.2, 0) is 17.8 Å². The van der Waals surface area contributed by atoms with Crippen LogP contribution in [0.2, 0.25) is 0 Å². The standard InChI is InChI=1S/C23H25N5O4/c1-13(2)7-21-26-16-6-5-14(8-18(16)27-21)25-22(29)11-28-12-24-17-10-20(32-4)19(31-3)9-15(17)23(28)30/h5-6,8-10,12-13H,7,11H2,1-4H3,(H,25,29)(H,26,27). The van der Waals surface area contributed by atoms with E-state index in [1.807, 2.05) is 12.1 Å². The molecule has 0 aliphatic heterocycles. The Labute approximate surface area is 184 Å². The van der Waals surface area contributed by atoms with E-state index >= 15 is 0 Å². The number of aromatic nitrogens is 4. The Kier molecular flexibility index (Phi) is 5.81. The van der Waals surface area contributed by atoms with Crippen LogP contribution in [0.4, 0.5) is 5.69 Å². The highest BCUT2D eigenvalue weighted by Gasteiger charge is 2.13. The van der Waals surface area contributed by atoms with E-state index in [9.17, 15) is 9.59 Å². The van der Waals surface area contributed by atoms with Crippen LogP contribution in [0.25, 0.3) is 21.9 Å². The van der Waals surface area contributed by atoms with E-state index in [1.54, 1.807) is 18.2 Å². The number of fused-ring (bicyclic) bond motifs is 2. The third-order valence-electron chi connectivity index (χ3n) is 5.06. The van der Waals surface area contributed by atoms with Gasteiger partial charge >= 0.3 is 0 Å². The Hall–Kier alpha value is -3.88. The molecule has 0 saturated carbocycles. The van der Waals surface area contributed by atoms with E-state index in [4.69, 9.17) is 9.47 Å². The summed E-state index contributed by atoms with van der Waals surface area (Å²) in [6.07, 6.45) is 2.21. The average molecular weight is 435 g/mol. The zero-order chi connectivity index (χ0) is 22.8. The van der Waals surface area contributed by atoms with Crippen molar-refractivity contribution in [1.29, 1.82) is 0 Å². The molecule has 0 spiro atoms. The van der Waals surface area contributed by atoms with Crippen molar-refractivity contribution < 1.29 is 14.3 Å². The maximum Gasteiger partial charge on any atom is 0.261 e. The van der Waals surface area contributed by atoms with Gasteiger partial charge in [-0.1, -0.05) is 13.8 Å². The zero-order valence-electron chi connectivity index (χ0n) is 18.4. The fourth-order valence-corrected chi connectivity index (χ4v) is 3.58. The summed E-state index contributed by atoms with van der Waals surface area (Å²) in [6.45, 7) is 4.10. The van der Waals surface area contributed by atoms with Gasteiger partial charge in [0.25, 0.3) is 5.56 Å². The van der Waals surface area contributed by atoms with Crippen LogP contribution in [-0.4, -0.2) is 39.6 Å². The topological polar surface area (TPSA) is 111 Å². The Morgan fingerprint density at radius 2 is 1.88 bits per heavy atom. The van der Waals surface area contributed by atoms with Gasteiger partial charge in [0.2, 0.25) is 5.91 Å². The monoisotopic (exact) mass is 435 g/mol. The van der Waals surface area contributed by atoms with Crippen molar-refractivity contribution in [3.8, 4) is 11.5 Å². The van der Waals surface area contributed by atoms with E-state index in [1.165, 1.54) is 25.1 Å². The van der Waals surface area contributed by atoms with E-state index < -0.39 is 0 Å². The minimum Gasteiger partial charge on any atom is -0.493 e. The summed E-state index contributed by atoms with van der Waals surface area (Å²) in [5, 5.41) is 3.17. The van der Waals surface area contributed by atoms with Crippen LogP contribution in [0.1, 0.15) is 19.7 Å². The molecule has 4 rings (SSSR count). The number of aromatic amines is 1. The largest absolute Gasteiger partial charge is 0.493 e. The van der Waals surface area contributed by atoms with Gasteiger partial charge in [-0.25, -0.2) is 9.97 Å². The highest BCUT2D eigenvalue weighted by molar-refractivity contribution is 5.93. The van der Waals surface area contributed by atoms with Gasteiger partial charge < -0.3 is 19.8 Å². The molecule has 0 aliphatic carbocycles. The summed E-state index contributed by atoms with van der Waals surface area (Å²) in [6, 6.07) is 8.68. The van der Waals surface area contributed by atoms with Gasteiger partial charge in [-0.2, -0.15) is 0 Å². The van der Waals surface area contributed by atoms with Crippen LogP contribution in [0.15, 0.2) is 41.5 Å². The number of carbonyl (C=O) groups is 1.